The number of anilines is 1. The monoisotopic (exact) mass is 341 g/mol. The summed E-state index contributed by atoms with van der Waals surface area (Å²) in [5, 5.41) is 2.83. The molecule has 0 fully saturated rings. The number of carbonyl (C=O) groups excluding carboxylic acids is 1. The van der Waals surface area contributed by atoms with Gasteiger partial charge in [-0.15, -0.1) is 0 Å². The van der Waals surface area contributed by atoms with Crippen molar-refractivity contribution in [3.05, 3.63) is 54.1 Å². The molecule has 132 valence electrons. The van der Waals surface area contributed by atoms with Gasteiger partial charge in [0, 0.05) is 6.08 Å². The van der Waals surface area contributed by atoms with E-state index in [0.717, 1.165) is 5.56 Å². The molecular weight excluding hydrogens is 318 g/mol. The van der Waals surface area contributed by atoms with Crippen molar-refractivity contribution in [1.82, 2.24) is 0 Å². The molecule has 0 aliphatic rings. The standard InChI is InChI=1S/C20H23NO4/c1-14(2)25-17-8-6-5-7-16(17)21-20(22)12-10-15-9-11-18(23-3)19(13-15)24-4/h5-14H,1-4H3,(H,21,22)/b12-10+. The number of para-hydroxylation sites is 2. The number of carbonyl (C=O) groups is 1. The molecule has 2 aromatic carbocycles. The van der Waals surface area contributed by atoms with Gasteiger partial charge in [0.15, 0.2) is 11.5 Å². The molecule has 0 saturated carbocycles. The normalized spacial score (nSPS) is 10.8. The summed E-state index contributed by atoms with van der Waals surface area (Å²) in [4.78, 5) is 12.2. The quantitative estimate of drug-likeness (QED) is 0.769. The smallest absolute Gasteiger partial charge is 0.248 e. The Morgan fingerprint density at radius 1 is 1.00 bits per heavy atom. The van der Waals surface area contributed by atoms with Crippen LogP contribution in [0.3, 0.4) is 0 Å². The van der Waals surface area contributed by atoms with E-state index < -0.39 is 0 Å². The topological polar surface area (TPSA) is 56.8 Å². The first-order chi connectivity index (χ1) is 12.0. The van der Waals surface area contributed by atoms with Gasteiger partial charge in [0.25, 0.3) is 0 Å². The van der Waals surface area contributed by atoms with Crippen LogP contribution in [0.2, 0.25) is 0 Å². The zero-order chi connectivity index (χ0) is 18.2. The van der Waals surface area contributed by atoms with Crippen molar-refractivity contribution in [1.29, 1.82) is 0 Å². The van der Waals surface area contributed by atoms with Crippen LogP contribution in [-0.4, -0.2) is 26.2 Å². The third kappa shape index (κ3) is 5.28. The predicted octanol–water partition coefficient (Wildman–Crippen LogP) is 4.14. The molecule has 0 heterocycles. The molecule has 0 aliphatic heterocycles. The third-order valence-electron chi connectivity index (χ3n) is 3.34. The summed E-state index contributed by atoms with van der Waals surface area (Å²) >= 11 is 0. The molecule has 0 radical (unpaired) electrons. The van der Waals surface area contributed by atoms with Crippen LogP contribution in [0, 0.1) is 0 Å². The van der Waals surface area contributed by atoms with Gasteiger partial charge in [-0.2, -0.15) is 0 Å². The lowest BCUT2D eigenvalue weighted by molar-refractivity contribution is -0.111. The summed E-state index contributed by atoms with van der Waals surface area (Å²) in [7, 11) is 3.15. The maximum atomic E-state index is 12.2. The van der Waals surface area contributed by atoms with Crippen LogP contribution in [0.15, 0.2) is 48.5 Å². The van der Waals surface area contributed by atoms with E-state index in [1.54, 1.807) is 38.5 Å². The minimum atomic E-state index is -0.241. The summed E-state index contributed by atoms with van der Waals surface area (Å²) in [5.74, 6) is 1.66. The van der Waals surface area contributed by atoms with Gasteiger partial charge in [-0.3, -0.25) is 4.79 Å². The van der Waals surface area contributed by atoms with Crippen LogP contribution in [0.1, 0.15) is 19.4 Å². The van der Waals surface area contributed by atoms with E-state index in [2.05, 4.69) is 5.32 Å². The maximum absolute atomic E-state index is 12.2. The van der Waals surface area contributed by atoms with Gasteiger partial charge in [-0.05, 0) is 49.8 Å². The fraction of sp³-hybridized carbons (Fsp3) is 0.250. The lowest BCUT2D eigenvalue weighted by Crippen LogP contribution is -2.12. The molecule has 2 rings (SSSR count). The average molecular weight is 341 g/mol. The first kappa shape index (κ1) is 18.4. The molecule has 0 spiro atoms. The number of hydrogen-bond acceptors (Lipinski definition) is 4. The molecule has 0 bridgehead atoms. The fourth-order valence-corrected chi connectivity index (χ4v) is 2.23. The van der Waals surface area contributed by atoms with Gasteiger partial charge in [-0.1, -0.05) is 18.2 Å². The van der Waals surface area contributed by atoms with E-state index in [4.69, 9.17) is 14.2 Å². The molecule has 0 atom stereocenters. The van der Waals surface area contributed by atoms with E-state index in [1.807, 2.05) is 38.1 Å². The second-order valence-corrected chi connectivity index (χ2v) is 5.60. The minimum Gasteiger partial charge on any atom is -0.493 e. The molecule has 5 nitrogen and oxygen atoms in total. The van der Waals surface area contributed by atoms with Crippen LogP contribution >= 0.6 is 0 Å². The first-order valence-corrected chi connectivity index (χ1v) is 8.00. The van der Waals surface area contributed by atoms with E-state index >= 15 is 0 Å². The largest absolute Gasteiger partial charge is 0.493 e. The lowest BCUT2D eigenvalue weighted by atomic mass is 10.2. The highest BCUT2D eigenvalue weighted by Gasteiger charge is 2.07. The second-order valence-electron chi connectivity index (χ2n) is 5.60. The Balaban J connectivity index is 2.09. The molecule has 0 aromatic heterocycles. The summed E-state index contributed by atoms with van der Waals surface area (Å²) in [5.41, 5.74) is 1.47. The van der Waals surface area contributed by atoms with Gasteiger partial charge in [-0.25, -0.2) is 0 Å². The molecule has 0 unspecified atom stereocenters. The summed E-state index contributed by atoms with van der Waals surface area (Å²) in [6.45, 7) is 3.88. The SMILES string of the molecule is COc1ccc(/C=C/C(=O)Nc2ccccc2OC(C)C)cc1OC. The van der Waals surface area contributed by atoms with Crippen LogP contribution < -0.4 is 19.5 Å². The van der Waals surface area contributed by atoms with E-state index in [0.29, 0.717) is 22.9 Å². The number of benzene rings is 2. The van der Waals surface area contributed by atoms with Crippen LogP contribution in [0.25, 0.3) is 6.08 Å². The van der Waals surface area contributed by atoms with Crippen molar-refractivity contribution in [3.63, 3.8) is 0 Å². The Morgan fingerprint density at radius 3 is 2.40 bits per heavy atom. The number of rotatable bonds is 7. The van der Waals surface area contributed by atoms with Crippen molar-refractivity contribution < 1.29 is 19.0 Å². The third-order valence-corrected chi connectivity index (χ3v) is 3.34. The Labute approximate surface area is 148 Å². The Morgan fingerprint density at radius 2 is 1.72 bits per heavy atom. The molecule has 25 heavy (non-hydrogen) atoms. The zero-order valence-corrected chi connectivity index (χ0v) is 14.9. The highest BCUT2D eigenvalue weighted by molar-refractivity contribution is 6.02. The summed E-state index contributed by atoms with van der Waals surface area (Å²) in [6.07, 6.45) is 3.21. The van der Waals surface area contributed by atoms with Gasteiger partial charge < -0.3 is 19.5 Å². The fourth-order valence-electron chi connectivity index (χ4n) is 2.23. The Hall–Kier alpha value is -2.95. The minimum absolute atomic E-state index is 0.0281. The molecule has 5 heteroatoms. The second kappa shape index (κ2) is 8.78. The maximum Gasteiger partial charge on any atom is 0.248 e. The number of amides is 1. The Kier molecular flexibility index (Phi) is 6.46. The molecule has 2 aromatic rings. The number of hydrogen-bond donors (Lipinski definition) is 1. The van der Waals surface area contributed by atoms with Crippen molar-refractivity contribution in [3.8, 4) is 17.2 Å². The molecule has 0 aliphatic carbocycles. The molecular formula is C20H23NO4. The van der Waals surface area contributed by atoms with Gasteiger partial charge >= 0.3 is 0 Å². The number of ether oxygens (including phenoxy) is 3. The number of nitrogens with one attached hydrogen (secondary N) is 1. The van der Waals surface area contributed by atoms with Crippen LogP contribution in [0.5, 0.6) is 17.2 Å². The molecule has 1 N–H and O–H groups in total. The van der Waals surface area contributed by atoms with Crippen LogP contribution in [0.4, 0.5) is 5.69 Å². The average Bonchev–Trinajstić information content (AvgIpc) is 2.61. The first-order valence-electron chi connectivity index (χ1n) is 8.00. The highest BCUT2D eigenvalue weighted by Crippen LogP contribution is 2.28. The predicted molar refractivity (Wildman–Crippen MR) is 99.4 cm³/mol. The van der Waals surface area contributed by atoms with Gasteiger partial charge in [0.2, 0.25) is 5.91 Å². The molecule has 1 amide bonds. The van der Waals surface area contributed by atoms with Crippen molar-refractivity contribution >= 4 is 17.7 Å². The lowest BCUT2D eigenvalue weighted by Gasteiger charge is -2.14. The van der Waals surface area contributed by atoms with Crippen LogP contribution in [-0.2, 0) is 4.79 Å². The molecule has 0 saturated heterocycles. The van der Waals surface area contributed by atoms with Crippen molar-refractivity contribution in [2.45, 2.75) is 20.0 Å². The summed E-state index contributed by atoms with van der Waals surface area (Å²) < 4.78 is 16.1. The van der Waals surface area contributed by atoms with E-state index in [-0.39, 0.29) is 12.0 Å². The van der Waals surface area contributed by atoms with E-state index in [1.165, 1.54) is 6.08 Å². The number of methoxy groups -OCH3 is 2. The zero-order valence-electron chi connectivity index (χ0n) is 14.9. The van der Waals surface area contributed by atoms with Crippen molar-refractivity contribution in [2.75, 3.05) is 19.5 Å². The van der Waals surface area contributed by atoms with Gasteiger partial charge in [0.05, 0.1) is 26.0 Å². The summed E-state index contributed by atoms with van der Waals surface area (Å²) in [6, 6.07) is 12.8. The van der Waals surface area contributed by atoms with Gasteiger partial charge in [0.1, 0.15) is 5.75 Å². The highest BCUT2D eigenvalue weighted by atomic mass is 16.5. The van der Waals surface area contributed by atoms with E-state index in [9.17, 15) is 4.79 Å². The Bertz CT molecular complexity index is 753. The van der Waals surface area contributed by atoms with Crippen molar-refractivity contribution in [2.24, 2.45) is 0 Å².